The Labute approximate surface area is 127 Å². The molecule has 8 heteroatoms. The maximum absolute atomic E-state index is 11.2. The summed E-state index contributed by atoms with van der Waals surface area (Å²) < 4.78 is 24.9. The quantitative estimate of drug-likeness (QED) is 0.881. The number of benzene rings is 1. The van der Waals surface area contributed by atoms with Gasteiger partial charge in [0.25, 0.3) is 0 Å². The molecule has 0 saturated heterocycles. The van der Waals surface area contributed by atoms with Gasteiger partial charge in [0.15, 0.2) is 0 Å². The van der Waals surface area contributed by atoms with Crippen molar-refractivity contribution in [3.8, 4) is 0 Å². The molecule has 0 aliphatic carbocycles. The van der Waals surface area contributed by atoms with Crippen molar-refractivity contribution in [3.63, 3.8) is 0 Å². The largest absolute Gasteiger partial charge is 0.376 e. The van der Waals surface area contributed by atoms with E-state index in [1.165, 1.54) is 0 Å². The number of anilines is 2. The number of thiazole rings is 1. The van der Waals surface area contributed by atoms with E-state index in [2.05, 4.69) is 15.0 Å². The molecule has 1 aromatic carbocycles. The first-order valence-corrected chi connectivity index (χ1v) is 8.92. The minimum Gasteiger partial charge on any atom is -0.376 e. The van der Waals surface area contributed by atoms with Gasteiger partial charge in [-0.25, -0.2) is 8.42 Å². The third-order valence-electron chi connectivity index (χ3n) is 2.52. The SMILES string of the molecule is CC(Nc1cc(NS(C)(=O)=O)ccc1Cl)c1cncs1. The molecule has 0 radical (unpaired) electrons. The third-order valence-corrected chi connectivity index (χ3v) is 4.41. The maximum atomic E-state index is 11.2. The fourth-order valence-electron chi connectivity index (χ4n) is 1.66. The van der Waals surface area contributed by atoms with Gasteiger partial charge in [0.2, 0.25) is 10.0 Å². The van der Waals surface area contributed by atoms with E-state index < -0.39 is 10.0 Å². The van der Waals surface area contributed by atoms with Crippen LogP contribution in [0.5, 0.6) is 0 Å². The molecule has 108 valence electrons. The summed E-state index contributed by atoms with van der Waals surface area (Å²) in [5.74, 6) is 0. The average Bonchev–Trinajstić information content (AvgIpc) is 2.85. The van der Waals surface area contributed by atoms with Crippen LogP contribution in [0.3, 0.4) is 0 Å². The van der Waals surface area contributed by atoms with Crippen molar-refractivity contribution in [3.05, 3.63) is 39.8 Å². The zero-order valence-corrected chi connectivity index (χ0v) is 13.3. The van der Waals surface area contributed by atoms with Crippen LogP contribution in [-0.2, 0) is 10.0 Å². The number of nitrogens with zero attached hydrogens (tertiary/aromatic N) is 1. The van der Waals surface area contributed by atoms with E-state index in [4.69, 9.17) is 11.6 Å². The van der Waals surface area contributed by atoms with E-state index in [9.17, 15) is 8.42 Å². The molecule has 5 nitrogen and oxygen atoms in total. The highest BCUT2D eigenvalue weighted by molar-refractivity contribution is 7.92. The molecule has 0 aliphatic heterocycles. The molecule has 0 saturated carbocycles. The lowest BCUT2D eigenvalue weighted by molar-refractivity contribution is 0.607. The van der Waals surface area contributed by atoms with Crippen molar-refractivity contribution in [1.82, 2.24) is 4.98 Å². The van der Waals surface area contributed by atoms with Gasteiger partial charge in [0.05, 0.1) is 34.2 Å². The lowest BCUT2D eigenvalue weighted by Gasteiger charge is -2.16. The Bertz CT molecular complexity index is 687. The van der Waals surface area contributed by atoms with Gasteiger partial charge in [-0.05, 0) is 25.1 Å². The van der Waals surface area contributed by atoms with Crippen LogP contribution in [-0.4, -0.2) is 19.7 Å². The number of rotatable bonds is 5. The van der Waals surface area contributed by atoms with Crippen LogP contribution in [0.4, 0.5) is 11.4 Å². The van der Waals surface area contributed by atoms with Gasteiger partial charge < -0.3 is 5.32 Å². The predicted octanol–water partition coefficient (Wildman–Crippen LogP) is 3.34. The van der Waals surface area contributed by atoms with Gasteiger partial charge in [-0.3, -0.25) is 9.71 Å². The molecular formula is C12H14ClN3O2S2. The smallest absolute Gasteiger partial charge is 0.229 e. The Hall–Kier alpha value is -1.31. The number of hydrogen-bond donors (Lipinski definition) is 2. The number of aromatic nitrogens is 1. The minimum atomic E-state index is -3.31. The molecule has 1 heterocycles. The van der Waals surface area contributed by atoms with E-state index >= 15 is 0 Å². The monoisotopic (exact) mass is 331 g/mol. The van der Waals surface area contributed by atoms with Crippen LogP contribution < -0.4 is 10.0 Å². The highest BCUT2D eigenvalue weighted by Crippen LogP contribution is 2.30. The van der Waals surface area contributed by atoms with Crippen LogP contribution in [0, 0.1) is 0 Å². The lowest BCUT2D eigenvalue weighted by Crippen LogP contribution is -2.10. The van der Waals surface area contributed by atoms with Crippen molar-refractivity contribution >= 4 is 44.3 Å². The second kappa shape index (κ2) is 5.99. The topological polar surface area (TPSA) is 71.1 Å². The fraction of sp³-hybridized carbons (Fsp3) is 0.250. The average molecular weight is 332 g/mol. The standard InChI is InChI=1S/C12H14ClN3O2S2/c1-8(12-6-14-7-19-12)15-11-5-9(3-4-10(11)13)16-20(2,17)18/h3-8,15-16H,1-2H3. The summed E-state index contributed by atoms with van der Waals surface area (Å²) >= 11 is 7.66. The normalized spacial score (nSPS) is 12.9. The molecule has 0 spiro atoms. The number of hydrogen-bond acceptors (Lipinski definition) is 5. The predicted molar refractivity (Wildman–Crippen MR) is 84.1 cm³/mol. The summed E-state index contributed by atoms with van der Waals surface area (Å²) in [4.78, 5) is 5.10. The summed E-state index contributed by atoms with van der Waals surface area (Å²) in [7, 11) is -3.31. The van der Waals surface area contributed by atoms with Crippen molar-refractivity contribution in [2.24, 2.45) is 0 Å². The molecule has 2 aromatic rings. The summed E-state index contributed by atoms with van der Waals surface area (Å²) in [5, 5.41) is 3.77. The van der Waals surface area contributed by atoms with E-state index in [-0.39, 0.29) is 6.04 Å². The van der Waals surface area contributed by atoms with Crippen LogP contribution in [0.1, 0.15) is 17.8 Å². The molecule has 1 atom stereocenters. The van der Waals surface area contributed by atoms with Gasteiger partial charge in [0.1, 0.15) is 0 Å². The Balaban J connectivity index is 2.20. The molecule has 0 aliphatic rings. The van der Waals surface area contributed by atoms with Gasteiger partial charge in [-0.15, -0.1) is 11.3 Å². The molecule has 2 rings (SSSR count). The first-order chi connectivity index (χ1) is 9.35. The Morgan fingerprint density at radius 3 is 2.75 bits per heavy atom. The molecule has 2 N–H and O–H groups in total. The van der Waals surface area contributed by atoms with Crippen molar-refractivity contribution < 1.29 is 8.42 Å². The molecule has 0 bridgehead atoms. The summed E-state index contributed by atoms with van der Waals surface area (Å²) in [5.41, 5.74) is 2.90. The molecule has 20 heavy (non-hydrogen) atoms. The first kappa shape index (κ1) is 15.1. The molecule has 0 amide bonds. The second-order valence-corrected chi connectivity index (χ2v) is 7.41. The lowest BCUT2D eigenvalue weighted by atomic mass is 10.2. The van der Waals surface area contributed by atoms with Gasteiger partial charge in [0, 0.05) is 11.1 Å². The minimum absolute atomic E-state index is 0.0356. The maximum Gasteiger partial charge on any atom is 0.229 e. The van der Waals surface area contributed by atoms with Crippen LogP contribution in [0.25, 0.3) is 0 Å². The zero-order chi connectivity index (χ0) is 14.8. The van der Waals surface area contributed by atoms with Gasteiger partial charge in [-0.1, -0.05) is 11.6 Å². The van der Waals surface area contributed by atoms with E-state index in [0.29, 0.717) is 16.4 Å². The van der Waals surface area contributed by atoms with Gasteiger partial charge >= 0.3 is 0 Å². The highest BCUT2D eigenvalue weighted by atomic mass is 35.5. The van der Waals surface area contributed by atoms with Crippen molar-refractivity contribution in [1.29, 1.82) is 0 Å². The summed E-state index contributed by atoms with van der Waals surface area (Å²) in [6.07, 6.45) is 2.89. The molecule has 1 unspecified atom stereocenters. The Morgan fingerprint density at radius 2 is 2.15 bits per heavy atom. The van der Waals surface area contributed by atoms with Crippen LogP contribution >= 0.6 is 22.9 Å². The van der Waals surface area contributed by atoms with Crippen LogP contribution in [0.15, 0.2) is 29.9 Å². The Kier molecular flexibility index (Phi) is 4.52. The summed E-state index contributed by atoms with van der Waals surface area (Å²) in [6.45, 7) is 1.99. The second-order valence-electron chi connectivity index (χ2n) is 4.34. The van der Waals surface area contributed by atoms with Crippen molar-refractivity contribution in [2.45, 2.75) is 13.0 Å². The highest BCUT2D eigenvalue weighted by Gasteiger charge is 2.11. The van der Waals surface area contributed by atoms with E-state index in [1.807, 2.05) is 6.92 Å². The fourth-order valence-corrected chi connectivity index (χ4v) is 3.01. The van der Waals surface area contributed by atoms with Crippen molar-refractivity contribution in [2.75, 3.05) is 16.3 Å². The zero-order valence-electron chi connectivity index (χ0n) is 10.9. The van der Waals surface area contributed by atoms with Gasteiger partial charge in [-0.2, -0.15) is 0 Å². The first-order valence-electron chi connectivity index (χ1n) is 5.77. The van der Waals surface area contributed by atoms with E-state index in [0.717, 1.165) is 11.1 Å². The number of nitrogens with one attached hydrogen (secondary N) is 2. The molecule has 0 fully saturated rings. The molecular weight excluding hydrogens is 318 g/mol. The third kappa shape index (κ3) is 4.09. The number of halogens is 1. The van der Waals surface area contributed by atoms with E-state index in [1.54, 1.807) is 41.2 Å². The Morgan fingerprint density at radius 1 is 1.40 bits per heavy atom. The summed E-state index contributed by atoms with van der Waals surface area (Å²) in [6, 6.07) is 4.97. The number of sulfonamides is 1. The molecule has 1 aromatic heterocycles. The van der Waals surface area contributed by atoms with Crippen LogP contribution in [0.2, 0.25) is 5.02 Å².